The van der Waals surface area contributed by atoms with Gasteiger partial charge in [-0.25, -0.2) is 4.98 Å². The van der Waals surface area contributed by atoms with Crippen molar-refractivity contribution in [3.63, 3.8) is 0 Å². The second-order valence-corrected chi connectivity index (χ2v) is 6.40. The molecule has 1 heterocycles. The molecule has 2 aliphatic carbocycles. The molecule has 7 heteroatoms. The van der Waals surface area contributed by atoms with Crippen LogP contribution in [0.4, 0.5) is 5.82 Å². The molecule has 1 amide bonds. The number of nitrogens with zero attached hydrogens (tertiary/aromatic N) is 1. The molecule has 2 aliphatic rings. The van der Waals surface area contributed by atoms with Gasteiger partial charge in [-0.3, -0.25) is 4.79 Å². The van der Waals surface area contributed by atoms with Crippen molar-refractivity contribution in [1.82, 2.24) is 4.98 Å². The number of aliphatic hydroxyl groups is 2. The molecule has 2 saturated carbocycles. The maximum Gasteiger partial charge on any atom is 0.250 e. The van der Waals surface area contributed by atoms with Gasteiger partial charge in [0.1, 0.15) is 5.82 Å². The molecule has 108 valence electrons. The normalized spacial score (nSPS) is 35.2. The minimum absolute atomic E-state index is 0.0412. The second kappa shape index (κ2) is 4.98. The summed E-state index contributed by atoms with van der Waals surface area (Å²) in [6.45, 7) is 0. The Morgan fingerprint density at radius 3 is 2.70 bits per heavy atom. The summed E-state index contributed by atoms with van der Waals surface area (Å²) in [5.41, 5.74) is 5.54. The predicted octanol–water partition coefficient (Wildman–Crippen LogP) is 0.485. The first kappa shape index (κ1) is 13.8. The molecule has 20 heavy (non-hydrogen) atoms. The number of anilines is 1. The van der Waals surface area contributed by atoms with Crippen LogP contribution in [0.15, 0.2) is 16.7 Å². The first-order valence-corrected chi connectivity index (χ1v) is 7.34. The lowest BCUT2D eigenvalue weighted by Gasteiger charge is -2.30. The standard InChI is InChI=1S/C13H16BrN3O3/c14-8-2-6(12(15)20)4-16-13(8)17-9-3-5-1-7(9)11(19)10(5)18/h2,4-5,7,9-11,18-19H,1,3H2,(H2,15,20)(H,16,17). The number of primary amides is 1. The van der Waals surface area contributed by atoms with E-state index in [0.717, 1.165) is 12.8 Å². The fourth-order valence-electron chi connectivity index (χ4n) is 3.32. The Morgan fingerprint density at radius 2 is 2.15 bits per heavy atom. The van der Waals surface area contributed by atoms with E-state index in [-0.39, 0.29) is 17.9 Å². The third-order valence-corrected chi connectivity index (χ3v) is 4.97. The van der Waals surface area contributed by atoms with E-state index in [1.54, 1.807) is 6.07 Å². The third-order valence-electron chi connectivity index (χ3n) is 4.37. The number of carbonyl (C=O) groups excluding carboxylic acids is 1. The van der Waals surface area contributed by atoms with E-state index in [0.29, 0.717) is 15.9 Å². The number of aromatic nitrogens is 1. The number of carbonyl (C=O) groups is 1. The molecule has 3 rings (SSSR count). The maximum absolute atomic E-state index is 11.1. The molecule has 1 aromatic rings. The highest BCUT2D eigenvalue weighted by atomic mass is 79.9. The highest BCUT2D eigenvalue weighted by Gasteiger charge is 2.51. The van der Waals surface area contributed by atoms with Crippen LogP contribution in [0, 0.1) is 11.8 Å². The molecule has 0 aromatic carbocycles. The molecule has 5 atom stereocenters. The monoisotopic (exact) mass is 341 g/mol. The number of amides is 1. The Hall–Kier alpha value is -1.18. The molecule has 0 spiro atoms. The predicted molar refractivity (Wildman–Crippen MR) is 76.1 cm³/mol. The summed E-state index contributed by atoms with van der Waals surface area (Å²) >= 11 is 3.36. The third kappa shape index (κ3) is 2.19. The molecular weight excluding hydrogens is 326 g/mol. The number of pyridine rings is 1. The summed E-state index contributed by atoms with van der Waals surface area (Å²) in [4.78, 5) is 15.3. The number of rotatable bonds is 3. The Bertz CT molecular complexity index is 552. The Morgan fingerprint density at radius 1 is 1.40 bits per heavy atom. The highest BCUT2D eigenvalue weighted by molar-refractivity contribution is 9.10. The zero-order chi connectivity index (χ0) is 14.4. The van der Waals surface area contributed by atoms with E-state index in [4.69, 9.17) is 5.73 Å². The van der Waals surface area contributed by atoms with E-state index in [9.17, 15) is 15.0 Å². The number of hydrogen-bond acceptors (Lipinski definition) is 5. The van der Waals surface area contributed by atoms with Crippen molar-refractivity contribution in [2.45, 2.75) is 31.1 Å². The van der Waals surface area contributed by atoms with Crippen LogP contribution in [-0.4, -0.2) is 39.4 Å². The molecule has 5 unspecified atom stereocenters. The number of fused-ring (bicyclic) bond motifs is 2. The van der Waals surface area contributed by atoms with E-state index in [2.05, 4.69) is 26.2 Å². The SMILES string of the molecule is NC(=O)c1cnc(NC2CC3CC2C(O)C3O)c(Br)c1. The van der Waals surface area contributed by atoms with Crippen molar-refractivity contribution in [1.29, 1.82) is 0 Å². The molecule has 6 nitrogen and oxygen atoms in total. The summed E-state index contributed by atoms with van der Waals surface area (Å²) < 4.78 is 0.659. The van der Waals surface area contributed by atoms with Crippen LogP contribution in [0.3, 0.4) is 0 Å². The van der Waals surface area contributed by atoms with Gasteiger partial charge in [0.15, 0.2) is 0 Å². The van der Waals surface area contributed by atoms with E-state index < -0.39 is 18.1 Å². The van der Waals surface area contributed by atoms with E-state index in [1.807, 2.05) is 0 Å². The summed E-state index contributed by atoms with van der Waals surface area (Å²) in [6, 6.07) is 1.71. The molecular formula is C13H16BrN3O3. The van der Waals surface area contributed by atoms with Crippen LogP contribution in [0.1, 0.15) is 23.2 Å². The largest absolute Gasteiger partial charge is 0.390 e. The lowest BCUT2D eigenvalue weighted by Crippen LogP contribution is -2.42. The highest BCUT2D eigenvalue weighted by Crippen LogP contribution is 2.46. The molecule has 0 saturated heterocycles. The molecule has 2 bridgehead atoms. The van der Waals surface area contributed by atoms with Crippen LogP contribution in [0.2, 0.25) is 0 Å². The van der Waals surface area contributed by atoms with E-state index in [1.165, 1.54) is 6.20 Å². The van der Waals surface area contributed by atoms with Crippen molar-refractivity contribution in [2.24, 2.45) is 17.6 Å². The Balaban J connectivity index is 1.75. The number of hydrogen-bond donors (Lipinski definition) is 4. The summed E-state index contributed by atoms with van der Waals surface area (Å²) in [5, 5.41) is 23.0. The van der Waals surface area contributed by atoms with Crippen LogP contribution < -0.4 is 11.1 Å². The Kier molecular flexibility index (Phi) is 3.43. The van der Waals surface area contributed by atoms with Gasteiger partial charge in [-0.15, -0.1) is 0 Å². The number of nitrogens with one attached hydrogen (secondary N) is 1. The smallest absolute Gasteiger partial charge is 0.250 e. The van der Waals surface area contributed by atoms with Gasteiger partial charge in [0.2, 0.25) is 5.91 Å². The second-order valence-electron chi connectivity index (χ2n) is 5.55. The topological polar surface area (TPSA) is 108 Å². The average Bonchev–Trinajstić information content (AvgIpc) is 2.93. The lowest BCUT2D eigenvalue weighted by atomic mass is 9.90. The molecule has 5 N–H and O–H groups in total. The van der Waals surface area contributed by atoms with Gasteiger partial charge in [0.25, 0.3) is 0 Å². The van der Waals surface area contributed by atoms with Gasteiger partial charge in [-0.2, -0.15) is 0 Å². The van der Waals surface area contributed by atoms with Crippen molar-refractivity contribution in [3.8, 4) is 0 Å². The number of halogens is 1. The minimum Gasteiger partial charge on any atom is -0.390 e. The van der Waals surface area contributed by atoms with Gasteiger partial charge in [-0.1, -0.05) is 0 Å². The summed E-state index contributed by atoms with van der Waals surface area (Å²) in [7, 11) is 0. The van der Waals surface area contributed by atoms with E-state index >= 15 is 0 Å². The van der Waals surface area contributed by atoms with Crippen molar-refractivity contribution in [2.75, 3.05) is 5.32 Å². The van der Waals surface area contributed by atoms with Crippen molar-refractivity contribution < 1.29 is 15.0 Å². The molecule has 2 fully saturated rings. The molecule has 0 aliphatic heterocycles. The summed E-state index contributed by atoms with van der Waals surface area (Å²) in [6.07, 6.45) is 1.79. The lowest BCUT2D eigenvalue weighted by molar-refractivity contribution is -0.0195. The van der Waals surface area contributed by atoms with Gasteiger partial charge in [0.05, 0.1) is 22.2 Å². The van der Waals surface area contributed by atoms with Gasteiger partial charge in [0, 0.05) is 18.2 Å². The minimum atomic E-state index is -0.671. The maximum atomic E-state index is 11.1. The Labute approximate surface area is 124 Å². The van der Waals surface area contributed by atoms with Crippen LogP contribution in [0.5, 0.6) is 0 Å². The molecule has 0 radical (unpaired) electrons. The van der Waals surface area contributed by atoms with Crippen molar-refractivity contribution in [3.05, 3.63) is 22.3 Å². The van der Waals surface area contributed by atoms with Crippen LogP contribution >= 0.6 is 15.9 Å². The van der Waals surface area contributed by atoms with Gasteiger partial charge < -0.3 is 21.3 Å². The molecule has 1 aromatic heterocycles. The van der Waals surface area contributed by atoms with Gasteiger partial charge in [-0.05, 0) is 40.8 Å². The number of aliphatic hydroxyl groups excluding tert-OH is 2. The number of nitrogens with two attached hydrogens (primary N) is 1. The zero-order valence-electron chi connectivity index (χ0n) is 10.7. The quantitative estimate of drug-likeness (QED) is 0.639. The van der Waals surface area contributed by atoms with Crippen molar-refractivity contribution >= 4 is 27.7 Å². The average molecular weight is 342 g/mol. The van der Waals surface area contributed by atoms with Gasteiger partial charge >= 0.3 is 0 Å². The van der Waals surface area contributed by atoms with Crippen LogP contribution in [-0.2, 0) is 0 Å². The fourth-order valence-corrected chi connectivity index (χ4v) is 3.78. The first-order chi connectivity index (χ1) is 9.47. The first-order valence-electron chi connectivity index (χ1n) is 6.55. The summed E-state index contributed by atoms with van der Waals surface area (Å²) in [5.74, 6) is 0.285. The fraction of sp³-hybridized carbons (Fsp3) is 0.538. The zero-order valence-corrected chi connectivity index (χ0v) is 12.2. The van der Waals surface area contributed by atoms with Crippen LogP contribution in [0.25, 0.3) is 0 Å².